The second kappa shape index (κ2) is 5.09. The van der Waals surface area contributed by atoms with Gasteiger partial charge in [-0.15, -0.1) is 0 Å². The molecule has 104 valence electrons. The number of aryl methyl sites for hydroxylation is 1. The fourth-order valence-corrected chi connectivity index (χ4v) is 2.60. The highest BCUT2D eigenvalue weighted by Crippen LogP contribution is 2.18. The minimum Gasteiger partial charge on any atom is -0.422 e. The van der Waals surface area contributed by atoms with Gasteiger partial charge in [-0.3, -0.25) is 4.79 Å². The predicted molar refractivity (Wildman–Crippen MR) is 76.0 cm³/mol. The van der Waals surface area contributed by atoms with E-state index < -0.39 is 5.63 Å². The van der Waals surface area contributed by atoms with Crippen molar-refractivity contribution >= 4 is 16.9 Å². The number of benzene rings is 1. The number of carbonyl (C=O) groups is 1. The van der Waals surface area contributed by atoms with Gasteiger partial charge in [0, 0.05) is 18.0 Å². The Balaban J connectivity index is 2.02. The quantitative estimate of drug-likeness (QED) is 0.806. The molecule has 1 aliphatic heterocycles. The molecule has 0 saturated carbocycles. The lowest BCUT2D eigenvalue weighted by atomic mass is 10.1. The number of rotatable bonds is 2. The van der Waals surface area contributed by atoms with E-state index in [1.54, 1.807) is 19.1 Å². The lowest BCUT2D eigenvalue weighted by molar-refractivity contribution is 0.0936. The van der Waals surface area contributed by atoms with Crippen LogP contribution in [0.25, 0.3) is 11.0 Å². The van der Waals surface area contributed by atoms with E-state index in [0.717, 1.165) is 24.9 Å². The van der Waals surface area contributed by atoms with Gasteiger partial charge in [0.25, 0.3) is 5.91 Å². The fraction of sp³-hybridized carbons (Fsp3) is 0.333. The van der Waals surface area contributed by atoms with Gasteiger partial charge in [0.2, 0.25) is 0 Å². The maximum atomic E-state index is 12.3. The van der Waals surface area contributed by atoms with E-state index in [4.69, 9.17) is 4.42 Å². The van der Waals surface area contributed by atoms with Crippen LogP contribution in [0.15, 0.2) is 33.5 Å². The molecular formula is C15H16N2O3. The summed E-state index contributed by atoms with van der Waals surface area (Å²) in [4.78, 5) is 24.3. The summed E-state index contributed by atoms with van der Waals surface area (Å²) >= 11 is 0. The number of nitrogens with one attached hydrogen (secondary N) is 2. The monoisotopic (exact) mass is 272 g/mol. The van der Waals surface area contributed by atoms with Gasteiger partial charge in [-0.25, -0.2) is 4.79 Å². The summed E-state index contributed by atoms with van der Waals surface area (Å²) in [6, 6.07) is 7.31. The molecule has 0 bridgehead atoms. The van der Waals surface area contributed by atoms with Crippen molar-refractivity contribution in [3.63, 3.8) is 0 Å². The smallest absolute Gasteiger partial charge is 0.349 e. The second-order valence-corrected chi connectivity index (χ2v) is 5.05. The first-order chi connectivity index (χ1) is 9.66. The molecule has 1 fully saturated rings. The van der Waals surface area contributed by atoms with Gasteiger partial charge in [0.15, 0.2) is 0 Å². The average Bonchev–Trinajstić information content (AvgIpc) is 2.91. The first kappa shape index (κ1) is 12.9. The van der Waals surface area contributed by atoms with Crippen molar-refractivity contribution in [2.75, 3.05) is 13.1 Å². The molecular weight excluding hydrogens is 256 g/mol. The summed E-state index contributed by atoms with van der Waals surface area (Å²) in [6.07, 6.45) is 0.879. The molecule has 1 unspecified atom stereocenters. The second-order valence-electron chi connectivity index (χ2n) is 5.05. The van der Waals surface area contributed by atoms with Crippen LogP contribution in [0.1, 0.15) is 22.3 Å². The van der Waals surface area contributed by atoms with Gasteiger partial charge in [-0.1, -0.05) is 18.2 Å². The summed E-state index contributed by atoms with van der Waals surface area (Å²) in [6.45, 7) is 3.40. The minimum absolute atomic E-state index is 0.0766. The fourth-order valence-electron chi connectivity index (χ4n) is 2.60. The molecule has 0 aliphatic carbocycles. The van der Waals surface area contributed by atoms with Gasteiger partial charge in [-0.05, 0) is 31.5 Å². The number of fused-ring (bicyclic) bond motifs is 1. The zero-order valence-corrected chi connectivity index (χ0v) is 11.2. The van der Waals surface area contributed by atoms with Gasteiger partial charge in [0.1, 0.15) is 11.1 Å². The van der Waals surface area contributed by atoms with E-state index in [9.17, 15) is 9.59 Å². The molecule has 5 nitrogen and oxygen atoms in total. The van der Waals surface area contributed by atoms with Crippen molar-refractivity contribution in [1.29, 1.82) is 0 Å². The van der Waals surface area contributed by atoms with Crippen molar-refractivity contribution in [3.05, 3.63) is 45.8 Å². The minimum atomic E-state index is -0.579. The van der Waals surface area contributed by atoms with Crippen LogP contribution in [0.2, 0.25) is 0 Å². The third kappa shape index (κ3) is 2.20. The van der Waals surface area contributed by atoms with Crippen LogP contribution in [0.5, 0.6) is 0 Å². The summed E-state index contributed by atoms with van der Waals surface area (Å²) in [7, 11) is 0. The molecule has 1 amide bonds. The molecule has 0 radical (unpaired) electrons. The Morgan fingerprint density at radius 1 is 1.40 bits per heavy atom. The van der Waals surface area contributed by atoms with Crippen molar-refractivity contribution in [2.24, 2.45) is 0 Å². The van der Waals surface area contributed by atoms with Crippen molar-refractivity contribution < 1.29 is 9.21 Å². The SMILES string of the molecule is Cc1c(C(=O)NC2CCNC2)c(=O)oc2ccccc12. The summed E-state index contributed by atoms with van der Waals surface area (Å²) < 4.78 is 5.23. The lowest BCUT2D eigenvalue weighted by Gasteiger charge is -2.12. The summed E-state index contributed by atoms with van der Waals surface area (Å²) in [5.74, 6) is -0.351. The van der Waals surface area contributed by atoms with Crippen molar-refractivity contribution in [1.82, 2.24) is 10.6 Å². The molecule has 0 spiro atoms. The van der Waals surface area contributed by atoms with Crippen molar-refractivity contribution in [3.8, 4) is 0 Å². The Morgan fingerprint density at radius 3 is 2.95 bits per heavy atom. The van der Waals surface area contributed by atoms with E-state index in [1.807, 2.05) is 12.1 Å². The van der Waals surface area contributed by atoms with Gasteiger partial charge >= 0.3 is 5.63 Å². The molecule has 3 rings (SSSR count). The highest BCUT2D eigenvalue weighted by atomic mass is 16.4. The first-order valence-electron chi connectivity index (χ1n) is 6.71. The normalized spacial score (nSPS) is 18.4. The summed E-state index contributed by atoms with van der Waals surface area (Å²) in [5, 5.41) is 6.85. The zero-order chi connectivity index (χ0) is 14.1. The van der Waals surface area contributed by atoms with Gasteiger partial charge < -0.3 is 15.1 Å². The van der Waals surface area contributed by atoms with Gasteiger partial charge in [-0.2, -0.15) is 0 Å². The van der Waals surface area contributed by atoms with Crippen LogP contribution < -0.4 is 16.3 Å². The Kier molecular flexibility index (Phi) is 3.28. The first-order valence-corrected chi connectivity index (χ1v) is 6.71. The largest absolute Gasteiger partial charge is 0.422 e. The highest BCUT2D eigenvalue weighted by molar-refractivity contribution is 5.99. The predicted octanol–water partition coefficient (Wildman–Crippen LogP) is 1.19. The third-order valence-electron chi connectivity index (χ3n) is 3.70. The lowest BCUT2D eigenvalue weighted by Crippen LogP contribution is -2.38. The highest BCUT2D eigenvalue weighted by Gasteiger charge is 2.22. The van der Waals surface area contributed by atoms with E-state index in [0.29, 0.717) is 11.1 Å². The maximum absolute atomic E-state index is 12.3. The van der Waals surface area contributed by atoms with E-state index in [-0.39, 0.29) is 17.5 Å². The number of para-hydroxylation sites is 1. The van der Waals surface area contributed by atoms with Crippen LogP contribution in [0, 0.1) is 6.92 Å². The number of hydrogen-bond acceptors (Lipinski definition) is 4. The topological polar surface area (TPSA) is 71.3 Å². The van der Waals surface area contributed by atoms with E-state index >= 15 is 0 Å². The van der Waals surface area contributed by atoms with Crippen molar-refractivity contribution in [2.45, 2.75) is 19.4 Å². The van der Waals surface area contributed by atoms with E-state index in [2.05, 4.69) is 10.6 Å². The van der Waals surface area contributed by atoms with Crippen LogP contribution in [0.3, 0.4) is 0 Å². The number of carbonyl (C=O) groups excluding carboxylic acids is 1. The van der Waals surface area contributed by atoms with E-state index in [1.165, 1.54) is 0 Å². The van der Waals surface area contributed by atoms with Gasteiger partial charge in [0.05, 0.1) is 0 Å². The maximum Gasteiger partial charge on any atom is 0.349 e. The Morgan fingerprint density at radius 2 is 2.20 bits per heavy atom. The molecule has 2 N–H and O–H groups in total. The molecule has 1 aliphatic rings. The van der Waals surface area contributed by atoms with Crippen LogP contribution in [-0.4, -0.2) is 25.0 Å². The third-order valence-corrected chi connectivity index (χ3v) is 3.70. The number of hydrogen-bond donors (Lipinski definition) is 2. The molecule has 1 aromatic carbocycles. The molecule has 1 aromatic heterocycles. The van der Waals surface area contributed by atoms with Crippen LogP contribution in [0.4, 0.5) is 0 Å². The number of amides is 1. The Labute approximate surface area is 116 Å². The molecule has 2 heterocycles. The molecule has 5 heteroatoms. The molecule has 1 atom stereocenters. The Hall–Kier alpha value is -2.14. The van der Waals surface area contributed by atoms with Crippen LogP contribution >= 0.6 is 0 Å². The zero-order valence-electron chi connectivity index (χ0n) is 11.2. The average molecular weight is 272 g/mol. The standard InChI is InChI=1S/C15H16N2O3/c1-9-11-4-2-3-5-12(11)20-15(19)13(9)14(18)17-10-6-7-16-8-10/h2-5,10,16H,6-8H2,1H3,(H,17,18). The van der Waals surface area contributed by atoms with Crippen LogP contribution in [-0.2, 0) is 0 Å². The Bertz CT molecular complexity index is 715. The molecule has 2 aromatic rings. The summed E-state index contributed by atoms with van der Waals surface area (Å²) in [5.41, 5.74) is 0.703. The molecule has 1 saturated heterocycles. The molecule has 20 heavy (non-hydrogen) atoms.